The van der Waals surface area contributed by atoms with Crippen LogP contribution in [-0.2, 0) is 13.6 Å². The van der Waals surface area contributed by atoms with Crippen LogP contribution >= 0.6 is 7.60 Å². The van der Waals surface area contributed by atoms with E-state index in [9.17, 15) is 4.57 Å². The molecule has 22 heavy (non-hydrogen) atoms. The van der Waals surface area contributed by atoms with E-state index in [0.29, 0.717) is 25.5 Å². The van der Waals surface area contributed by atoms with Crippen molar-refractivity contribution >= 4 is 13.3 Å². The van der Waals surface area contributed by atoms with Gasteiger partial charge in [0.2, 0.25) is 0 Å². The molecule has 0 N–H and O–H groups in total. The minimum absolute atomic E-state index is 0.315. The molecule has 1 aliphatic heterocycles. The van der Waals surface area contributed by atoms with Gasteiger partial charge in [-0.05, 0) is 39.8 Å². The summed E-state index contributed by atoms with van der Waals surface area (Å²) < 4.78 is 23.5. The van der Waals surface area contributed by atoms with Crippen molar-refractivity contribution < 1.29 is 13.6 Å². The molecule has 0 saturated carbocycles. The highest BCUT2D eigenvalue weighted by Crippen LogP contribution is 2.49. The minimum Gasteiger partial charge on any atom is -0.357 e. The molecular formula is C16H27N2O3P. The van der Waals surface area contributed by atoms with Crippen LogP contribution < -0.4 is 4.90 Å². The lowest BCUT2D eigenvalue weighted by Crippen LogP contribution is -2.30. The Morgan fingerprint density at radius 3 is 2.32 bits per heavy atom. The van der Waals surface area contributed by atoms with E-state index >= 15 is 0 Å². The molecule has 5 nitrogen and oxygen atoms in total. The van der Waals surface area contributed by atoms with E-state index < -0.39 is 7.60 Å². The average Bonchev–Trinajstić information content (AvgIpc) is 2.81. The summed E-state index contributed by atoms with van der Waals surface area (Å²) in [6.07, 6.45) is 0.345. The summed E-state index contributed by atoms with van der Waals surface area (Å²) in [6, 6.07) is 8.82. The van der Waals surface area contributed by atoms with E-state index in [2.05, 4.69) is 47.9 Å². The molecule has 2 rings (SSSR count). The monoisotopic (exact) mass is 326 g/mol. The molecule has 1 aromatic carbocycles. The van der Waals surface area contributed by atoms with Crippen molar-refractivity contribution in [3.63, 3.8) is 0 Å². The Bertz CT molecular complexity index is 511. The van der Waals surface area contributed by atoms with Crippen LogP contribution in [0.25, 0.3) is 0 Å². The first-order valence-electron chi connectivity index (χ1n) is 7.91. The fourth-order valence-electron chi connectivity index (χ4n) is 2.71. The summed E-state index contributed by atoms with van der Waals surface area (Å²) in [7, 11) is -3.03. The Labute approximate surface area is 133 Å². The van der Waals surface area contributed by atoms with Crippen molar-refractivity contribution in [2.24, 2.45) is 0 Å². The summed E-state index contributed by atoms with van der Waals surface area (Å²) >= 11 is 0. The van der Waals surface area contributed by atoms with Gasteiger partial charge in [-0.1, -0.05) is 17.7 Å². The molecule has 0 bridgehead atoms. The maximum Gasteiger partial charge on any atom is 0.344 e. The standard InChI is InChI=1S/C16H27N2O3P/c1-5-20-22(19,21-6-2)13-18-12-17(11-15(18)4)16-9-7-14(3)8-10-16/h7-10,15H,5-6,11-13H2,1-4H3. The van der Waals surface area contributed by atoms with E-state index in [1.54, 1.807) is 0 Å². The Kier molecular flexibility index (Phi) is 6.04. The third-order valence-corrected chi connectivity index (χ3v) is 5.88. The average molecular weight is 326 g/mol. The molecule has 0 aliphatic carbocycles. The van der Waals surface area contributed by atoms with Gasteiger partial charge in [-0.25, -0.2) is 0 Å². The van der Waals surface area contributed by atoms with Crippen molar-refractivity contribution in [1.82, 2.24) is 4.90 Å². The topological polar surface area (TPSA) is 42.0 Å². The van der Waals surface area contributed by atoms with Crippen molar-refractivity contribution in [2.75, 3.05) is 37.6 Å². The van der Waals surface area contributed by atoms with Crippen LogP contribution in [0.4, 0.5) is 5.69 Å². The van der Waals surface area contributed by atoms with E-state index in [4.69, 9.17) is 9.05 Å². The second-order valence-corrected chi connectivity index (χ2v) is 7.75. The number of hydrogen-bond donors (Lipinski definition) is 0. The summed E-state index contributed by atoms with van der Waals surface area (Å²) in [4.78, 5) is 4.47. The Morgan fingerprint density at radius 1 is 1.18 bits per heavy atom. The summed E-state index contributed by atoms with van der Waals surface area (Å²) in [5.74, 6) is 0. The first-order valence-corrected chi connectivity index (χ1v) is 9.64. The molecular weight excluding hydrogens is 299 g/mol. The van der Waals surface area contributed by atoms with Gasteiger partial charge in [0, 0.05) is 18.3 Å². The van der Waals surface area contributed by atoms with Crippen LogP contribution in [-0.4, -0.2) is 43.7 Å². The molecule has 0 aromatic heterocycles. The minimum atomic E-state index is -3.03. The van der Waals surface area contributed by atoms with Crippen molar-refractivity contribution in [2.45, 2.75) is 33.7 Å². The van der Waals surface area contributed by atoms with Crippen molar-refractivity contribution in [3.8, 4) is 0 Å². The Hall–Kier alpha value is -0.870. The lowest BCUT2D eigenvalue weighted by molar-refractivity contribution is 0.195. The zero-order valence-corrected chi connectivity index (χ0v) is 14.9. The quantitative estimate of drug-likeness (QED) is 0.715. The van der Waals surface area contributed by atoms with Gasteiger partial charge in [0.25, 0.3) is 0 Å². The molecule has 1 atom stereocenters. The fourth-order valence-corrected chi connectivity index (χ4v) is 4.55. The molecule has 1 aromatic rings. The highest BCUT2D eigenvalue weighted by atomic mass is 31.2. The highest BCUT2D eigenvalue weighted by molar-refractivity contribution is 7.53. The fraction of sp³-hybridized carbons (Fsp3) is 0.625. The number of nitrogens with zero attached hydrogens (tertiary/aromatic N) is 2. The molecule has 1 fully saturated rings. The van der Waals surface area contributed by atoms with E-state index in [-0.39, 0.29) is 0 Å². The first kappa shape index (κ1) is 17.5. The lowest BCUT2D eigenvalue weighted by Gasteiger charge is -2.25. The van der Waals surface area contributed by atoms with Crippen molar-refractivity contribution in [3.05, 3.63) is 29.8 Å². The largest absolute Gasteiger partial charge is 0.357 e. The van der Waals surface area contributed by atoms with Crippen LogP contribution in [0.1, 0.15) is 26.3 Å². The normalized spacial score (nSPS) is 19.8. The number of aryl methyl sites for hydroxylation is 1. The van der Waals surface area contributed by atoms with E-state index in [1.165, 1.54) is 11.3 Å². The zero-order valence-electron chi connectivity index (χ0n) is 14.0. The lowest BCUT2D eigenvalue weighted by atomic mass is 10.2. The first-order chi connectivity index (χ1) is 10.5. The molecule has 1 saturated heterocycles. The second kappa shape index (κ2) is 7.60. The zero-order chi connectivity index (χ0) is 16.2. The number of rotatable bonds is 7. The van der Waals surface area contributed by atoms with Gasteiger partial charge in [-0.3, -0.25) is 9.46 Å². The van der Waals surface area contributed by atoms with Gasteiger partial charge in [0.1, 0.15) is 6.29 Å². The van der Waals surface area contributed by atoms with Crippen LogP contribution in [0.15, 0.2) is 24.3 Å². The molecule has 0 amide bonds. The summed E-state index contributed by atoms with van der Waals surface area (Å²) in [5.41, 5.74) is 2.45. The highest BCUT2D eigenvalue weighted by Gasteiger charge is 2.34. The molecule has 0 spiro atoms. The molecule has 1 unspecified atom stereocenters. The smallest absolute Gasteiger partial charge is 0.344 e. The van der Waals surface area contributed by atoms with Gasteiger partial charge >= 0.3 is 7.60 Å². The summed E-state index contributed by atoms with van der Waals surface area (Å²) in [6.45, 7) is 10.4. The third kappa shape index (κ3) is 4.32. The Balaban J connectivity index is 2.04. The third-order valence-electron chi connectivity index (χ3n) is 3.87. The predicted octanol–water partition coefficient (Wildman–Crippen LogP) is 3.69. The summed E-state index contributed by atoms with van der Waals surface area (Å²) in [5, 5.41) is 0. The van der Waals surface area contributed by atoms with Crippen LogP contribution in [0, 0.1) is 6.92 Å². The van der Waals surface area contributed by atoms with Gasteiger partial charge in [-0.15, -0.1) is 0 Å². The van der Waals surface area contributed by atoms with Gasteiger partial charge < -0.3 is 13.9 Å². The van der Waals surface area contributed by atoms with E-state index in [1.807, 2.05) is 13.8 Å². The van der Waals surface area contributed by atoms with Crippen LogP contribution in [0.3, 0.4) is 0 Å². The number of benzene rings is 1. The van der Waals surface area contributed by atoms with Crippen LogP contribution in [0.5, 0.6) is 0 Å². The van der Waals surface area contributed by atoms with Crippen molar-refractivity contribution in [1.29, 1.82) is 0 Å². The molecule has 6 heteroatoms. The SMILES string of the molecule is CCOP(=O)(CN1CN(c2ccc(C)cc2)CC1C)OCC. The second-order valence-electron chi connectivity index (χ2n) is 5.73. The van der Waals surface area contributed by atoms with Gasteiger partial charge in [0.15, 0.2) is 0 Å². The molecule has 1 aliphatic rings. The van der Waals surface area contributed by atoms with Gasteiger partial charge in [-0.2, -0.15) is 0 Å². The number of hydrogen-bond acceptors (Lipinski definition) is 5. The predicted molar refractivity (Wildman–Crippen MR) is 90.4 cm³/mol. The van der Waals surface area contributed by atoms with E-state index in [0.717, 1.165) is 13.2 Å². The Morgan fingerprint density at radius 2 is 1.77 bits per heavy atom. The maximum absolute atomic E-state index is 12.7. The number of anilines is 1. The maximum atomic E-state index is 12.7. The molecule has 1 heterocycles. The van der Waals surface area contributed by atoms with Gasteiger partial charge in [0.05, 0.1) is 19.9 Å². The molecule has 0 radical (unpaired) electrons. The molecule has 124 valence electrons. The van der Waals surface area contributed by atoms with Crippen LogP contribution in [0.2, 0.25) is 0 Å².